The molecule has 0 spiro atoms. The summed E-state index contributed by atoms with van der Waals surface area (Å²) in [7, 11) is 0. The molecule has 3 amide bonds. The number of benzene rings is 2. The molecule has 1 aliphatic rings. The van der Waals surface area contributed by atoms with Gasteiger partial charge in [0.25, 0.3) is 5.91 Å². The van der Waals surface area contributed by atoms with Gasteiger partial charge in [-0.25, -0.2) is 4.79 Å². The first-order valence-corrected chi connectivity index (χ1v) is 8.64. The minimum absolute atomic E-state index is 0.248. The molecule has 1 atom stereocenters. The van der Waals surface area contributed by atoms with E-state index in [0.717, 1.165) is 20.1 Å². The van der Waals surface area contributed by atoms with Crippen molar-refractivity contribution in [3.05, 3.63) is 68.6 Å². The maximum Gasteiger partial charge on any atom is 0.325 e. The summed E-state index contributed by atoms with van der Waals surface area (Å²) in [6, 6.07) is 14.6. The van der Waals surface area contributed by atoms with Crippen molar-refractivity contribution in [3.8, 4) is 0 Å². The number of hydrogen-bond donors (Lipinski definition) is 1. The summed E-state index contributed by atoms with van der Waals surface area (Å²) in [6.07, 6.45) is 0. The van der Waals surface area contributed by atoms with Crippen molar-refractivity contribution in [2.45, 2.75) is 19.0 Å². The Balaban J connectivity index is 1.91. The van der Waals surface area contributed by atoms with E-state index in [9.17, 15) is 9.59 Å². The number of hydrogen-bond acceptors (Lipinski definition) is 2. The molecule has 3 rings (SSSR count). The van der Waals surface area contributed by atoms with Crippen LogP contribution in [0.5, 0.6) is 0 Å². The summed E-state index contributed by atoms with van der Waals surface area (Å²) in [5.41, 5.74) is 0.580. The third kappa shape index (κ3) is 2.93. The normalized spacial score (nSPS) is 20.7. The molecule has 1 saturated heterocycles. The van der Waals surface area contributed by atoms with Crippen molar-refractivity contribution in [2.24, 2.45) is 0 Å². The largest absolute Gasteiger partial charge is 0.325 e. The molecule has 1 unspecified atom stereocenters. The molecule has 2 aromatic rings. The van der Waals surface area contributed by atoms with Gasteiger partial charge in [-0.1, -0.05) is 62.2 Å². The Morgan fingerprint density at radius 1 is 1.04 bits per heavy atom. The van der Waals surface area contributed by atoms with E-state index in [1.807, 2.05) is 48.5 Å². The highest BCUT2D eigenvalue weighted by atomic mass is 79.9. The summed E-state index contributed by atoms with van der Waals surface area (Å²) >= 11 is 6.83. The van der Waals surface area contributed by atoms with Gasteiger partial charge in [-0.05, 0) is 30.7 Å². The van der Waals surface area contributed by atoms with E-state index in [-0.39, 0.29) is 18.5 Å². The molecular formula is C17H14Br2N2O2. The van der Waals surface area contributed by atoms with E-state index >= 15 is 0 Å². The van der Waals surface area contributed by atoms with Crippen LogP contribution in [0.15, 0.2) is 57.5 Å². The second kappa shape index (κ2) is 6.09. The fourth-order valence-electron chi connectivity index (χ4n) is 2.66. The zero-order chi connectivity index (χ0) is 16.6. The number of carbonyl (C=O) groups excluding carboxylic acids is 2. The zero-order valence-electron chi connectivity index (χ0n) is 12.3. The van der Waals surface area contributed by atoms with Crippen molar-refractivity contribution < 1.29 is 9.59 Å². The molecule has 1 N–H and O–H groups in total. The number of nitrogens with one attached hydrogen (secondary N) is 1. The van der Waals surface area contributed by atoms with Crippen molar-refractivity contribution in [1.29, 1.82) is 0 Å². The number of urea groups is 1. The fraction of sp³-hybridized carbons (Fsp3) is 0.176. The lowest BCUT2D eigenvalue weighted by Crippen LogP contribution is -2.41. The van der Waals surface area contributed by atoms with E-state index in [2.05, 4.69) is 37.2 Å². The van der Waals surface area contributed by atoms with Crippen LogP contribution >= 0.6 is 31.9 Å². The number of rotatable bonds is 3. The third-order valence-electron chi connectivity index (χ3n) is 3.94. The predicted octanol–water partition coefficient (Wildman–Crippen LogP) is 4.18. The zero-order valence-corrected chi connectivity index (χ0v) is 15.5. The van der Waals surface area contributed by atoms with Gasteiger partial charge in [0.1, 0.15) is 5.54 Å². The van der Waals surface area contributed by atoms with Crippen molar-refractivity contribution in [3.63, 3.8) is 0 Å². The van der Waals surface area contributed by atoms with Gasteiger partial charge in [0.15, 0.2) is 0 Å². The van der Waals surface area contributed by atoms with Crippen LogP contribution in [0, 0.1) is 0 Å². The second-order valence-corrected chi connectivity index (χ2v) is 7.32. The molecule has 118 valence electrons. The van der Waals surface area contributed by atoms with Gasteiger partial charge in [-0.2, -0.15) is 0 Å². The van der Waals surface area contributed by atoms with Crippen LogP contribution in [-0.2, 0) is 16.9 Å². The summed E-state index contributed by atoms with van der Waals surface area (Å²) in [5, 5.41) is 2.82. The average molecular weight is 438 g/mol. The number of imide groups is 1. The standard InChI is InChI=1S/C17H14Br2N2O2/c1-17(13-4-2-3-5-14(13)19)15(22)21(16(23)20-17)10-11-6-8-12(18)9-7-11/h2-9H,10H2,1H3,(H,20,23). The maximum absolute atomic E-state index is 12.9. The van der Waals surface area contributed by atoms with Crippen LogP contribution in [-0.4, -0.2) is 16.8 Å². The molecule has 0 aliphatic carbocycles. The molecule has 0 aromatic heterocycles. The van der Waals surface area contributed by atoms with E-state index in [1.54, 1.807) is 6.92 Å². The van der Waals surface area contributed by atoms with Gasteiger partial charge in [0, 0.05) is 14.5 Å². The van der Waals surface area contributed by atoms with Crippen molar-refractivity contribution >= 4 is 43.8 Å². The first-order chi connectivity index (χ1) is 10.9. The summed E-state index contributed by atoms with van der Waals surface area (Å²) in [4.78, 5) is 26.5. The van der Waals surface area contributed by atoms with E-state index in [1.165, 1.54) is 4.90 Å². The van der Waals surface area contributed by atoms with E-state index in [0.29, 0.717) is 0 Å². The molecule has 4 nitrogen and oxygen atoms in total. The first-order valence-electron chi connectivity index (χ1n) is 7.05. The van der Waals surface area contributed by atoms with Crippen LogP contribution in [0.25, 0.3) is 0 Å². The number of carbonyl (C=O) groups is 2. The molecule has 1 heterocycles. The summed E-state index contributed by atoms with van der Waals surface area (Å²) in [5.74, 6) is -0.252. The Kier molecular flexibility index (Phi) is 4.29. The Morgan fingerprint density at radius 3 is 2.35 bits per heavy atom. The van der Waals surface area contributed by atoms with Gasteiger partial charge in [-0.3, -0.25) is 9.69 Å². The Labute approximate surface area is 151 Å². The molecular weight excluding hydrogens is 424 g/mol. The highest BCUT2D eigenvalue weighted by molar-refractivity contribution is 9.10. The fourth-order valence-corrected chi connectivity index (χ4v) is 3.61. The Morgan fingerprint density at radius 2 is 1.70 bits per heavy atom. The molecule has 0 bridgehead atoms. The smallest absolute Gasteiger partial charge is 0.319 e. The minimum Gasteiger partial charge on any atom is -0.319 e. The van der Waals surface area contributed by atoms with Crippen molar-refractivity contribution in [2.75, 3.05) is 0 Å². The molecule has 1 fully saturated rings. The second-order valence-electron chi connectivity index (χ2n) is 5.55. The topological polar surface area (TPSA) is 49.4 Å². The molecule has 2 aromatic carbocycles. The molecule has 0 saturated carbocycles. The van der Waals surface area contributed by atoms with Gasteiger partial charge in [0.2, 0.25) is 0 Å². The summed E-state index contributed by atoms with van der Waals surface area (Å²) < 4.78 is 1.75. The Bertz CT molecular complexity index is 776. The molecule has 23 heavy (non-hydrogen) atoms. The van der Waals surface area contributed by atoms with Crippen LogP contribution in [0.4, 0.5) is 4.79 Å². The number of amides is 3. The van der Waals surface area contributed by atoms with Crippen LogP contribution in [0.3, 0.4) is 0 Å². The van der Waals surface area contributed by atoms with Gasteiger partial charge >= 0.3 is 6.03 Å². The minimum atomic E-state index is -1.06. The van der Waals surface area contributed by atoms with Crippen LogP contribution in [0.1, 0.15) is 18.1 Å². The maximum atomic E-state index is 12.9. The number of nitrogens with zero attached hydrogens (tertiary/aromatic N) is 1. The van der Waals surface area contributed by atoms with Crippen molar-refractivity contribution in [1.82, 2.24) is 10.2 Å². The quantitative estimate of drug-likeness (QED) is 0.732. The van der Waals surface area contributed by atoms with Crippen LogP contribution < -0.4 is 5.32 Å². The number of halogens is 2. The van der Waals surface area contributed by atoms with E-state index in [4.69, 9.17) is 0 Å². The molecule has 1 aliphatic heterocycles. The lowest BCUT2D eigenvalue weighted by Gasteiger charge is -2.23. The summed E-state index contributed by atoms with van der Waals surface area (Å²) in [6.45, 7) is 1.98. The highest BCUT2D eigenvalue weighted by Gasteiger charge is 2.49. The third-order valence-corrected chi connectivity index (χ3v) is 5.16. The highest BCUT2D eigenvalue weighted by Crippen LogP contribution is 2.34. The van der Waals surface area contributed by atoms with Gasteiger partial charge < -0.3 is 5.32 Å². The first kappa shape index (κ1) is 16.2. The Hall–Kier alpha value is -1.66. The van der Waals surface area contributed by atoms with Gasteiger partial charge in [-0.15, -0.1) is 0 Å². The average Bonchev–Trinajstić information content (AvgIpc) is 2.74. The lowest BCUT2D eigenvalue weighted by molar-refractivity contribution is -0.131. The monoisotopic (exact) mass is 436 g/mol. The SMILES string of the molecule is CC1(c2ccccc2Br)NC(=O)N(Cc2ccc(Br)cc2)C1=O. The lowest BCUT2D eigenvalue weighted by atomic mass is 9.92. The van der Waals surface area contributed by atoms with E-state index < -0.39 is 5.54 Å². The predicted molar refractivity (Wildman–Crippen MR) is 94.7 cm³/mol. The van der Waals surface area contributed by atoms with Crippen LogP contribution in [0.2, 0.25) is 0 Å². The molecule has 0 radical (unpaired) electrons. The molecule has 6 heteroatoms. The van der Waals surface area contributed by atoms with Gasteiger partial charge in [0.05, 0.1) is 6.54 Å².